The van der Waals surface area contributed by atoms with Crippen LogP contribution in [0.25, 0.3) is 22.3 Å². The topological polar surface area (TPSA) is 124 Å². The second-order valence-electron chi connectivity index (χ2n) is 14.3. The highest BCUT2D eigenvalue weighted by Crippen LogP contribution is 2.34. The summed E-state index contributed by atoms with van der Waals surface area (Å²) < 4.78 is 54.7. The lowest BCUT2D eigenvalue weighted by atomic mass is 9.88. The van der Waals surface area contributed by atoms with Gasteiger partial charge in [0.25, 0.3) is 0 Å². The van der Waals surface area contributed by atoms with E-state index in [1.807, 2.05) is 36.4 Å². The van der Waals surface area contributed by atoms with Crippen molar-refractivity contribution in [2.45, 2.75) is 50.6 Å². The summed E-state index contributed by atoms with van der Waals surface area (Å²) in [5.74, 6) is -4.24. The molecule has 2 aromatic heterocycles. The minimum Gasteiger partial charge on any atom is -0.478 e. The van der Waals surface area contributed by atoms with Gasteiger partial charge < -0.3 is 20.8 Å². The van der Waals surface area contributed by atoms with Crippen LogP contribution in [0, 0.1) is 23.3 Å². The predicted molar refractivity (Wildman–Crippen MR) is 212 cm³/mol. The summed E-state index contributed by atoms with van der Waals surface area (Å²) in [7, 11) is 0. The summed E-state index contributed by atoms with van der Waals surface area (Å²) in [6.07, 6.45) is 10.4. The average molecular weight is 789 g/mol. The summed E-state index contributed by atoms with van der Waals surface area (Å²) in [5, 5.41) is 25.6. The summed E-state index contributed by atoms with van der Waals surface area (Å²) in [6, 6.07) is 22.0. The lowest BCUT2D eigenvalue weighted by Gasteiger charge is -2.28. The second-order valence-corrected chi connectivity index (χ2v) is 14.3. The van der Waals surface area contributed by atoms with Gasteiger partial charge in [-0.1, -0.05) is 36.4 Å². The molecule has 0 bridgehead atoms. The van der Waals surface area contributed by atoms with E-state index in [1.165, 1.54) is 48.8 Å². The molecule has 0 amide bonds. The number of carboxylic acids is 2. The summed E-state index contributed by atoms with van der Waals surface area (Å²) >= 11 is 0. The van der Waals surface area contributed by atoms with E-state index >= 15 is 0 Å². The first-order chi connectivity index (χ1) is 28.0. The van der Waals surface area contributed by atoms with Gasteiger partial charge in [0.05, 0.1) is 11.1 Å². The van der Waals surface area contributed by atoms with Gasteiger partial charge in [0.2, 0.25) is 0 Å². The highest BCUT2D eigenvalue weighted by atomic mass is 19.1. The number of aromatic carboxylic acids is 2. The summed E-state index contributed by atoms with van der Waals surface area (Å²) in [6.45, 7) is 1.57. The maximum atomic E-state index is 14.2. The van der Waals surface area contributed by atoms with Crippen LogP contribution in [0.5, 0.6) is 0 Å². The van der Waals surface area contributed by atoms with Crippen molar-refractivity contribution in [2.75, 3.05) is 13.1 Å². The molecule has 0 fully saturated rings. The highest BCUT2D eigenvalue weighted by molar-refractivity contribution is 5.89. The maximum absolute atomic E-state index is 14.2. The van der Waals surface area contributed by atoms with Crippen molar-refractivity contribution in [1.29, 1.82) is 0 Å². The van der Waals surface area contributed by atoms with E-state index < -0.39 is 35.2 Å². The van der Waals surface area contributed by atoms with Gasteiger partial charge in [-0.05, 0) is 133 Å². The van der Waals surface area contributed by atoms with Gasteiger partial charge in [0, 0.05) is 60.1 Å². The molecule has 2 atom stereocenters. The van der Waals surface area contributed by atoms with Crippen LogP contribution < -0.4 is 10.6 Å². The Kier molecular flexibility index (Phi) is 12.3. The molecule has 8 rings (SSSR count). The van der Waals surface area contributed by atoms with Crippen molar-refractivity contribution in [3.63, 3.8) is 0 Å². The number of fused-ring (bicyclic) bond motifs is 2. The van der Waals surface area contributed by atoms with Gasteiger partial charge in [-0.15, -0.1) is 0 Å². The zero-order valence-corrected chi connectivity index (χ0v) is 31.3. The number of pyridine rings is 2. The zero-order valence-electron chi connectivity index (χ0n) is 31.3. The molecular formula is C46H40F4N4O4. The fourth-order valence-electron chi connectivity index (χ4n) is 7.87. The number of hydrogen-bond acceptors (Lipinski definition) is 6. The zero-order chi connectivity index (χ0) is 40.8. The van der Waals surface area contributed by atoms with Crippen molar-refractivity contribution in [3.05, 3.63) is 177 Å². The first-order valence-electron chi connectivity index (χ1n) is 19.0. The minimum absolute atomic E-state index is 0.0766. The summed E-state index contributed by atoms with van der Waals surface area (Å²) in [5.41, 5.74) is 8.68. The number of halogens is 4. The largest absolute Gasteiger partial charge is 0.478 e. The lowest BCUT2D eigenvalue weighted by Crippen LogP contribution is -2.30. The van der Waals surface area contributed by atoms with Gasteiger partial charge in [-0.3, -0.25) is 9.97 Å². The maximum Gasteiger partial charge on any atom is 0.336 e. The fraction of sp³-hybridized carbons (Fsp3) is 0.217. The molecule has 0 saturated carbocycles. The Balaban J connectivity index is 0.000000177. The van der Waals surface area contributed by atoms with Crippen LogP contribution in [-0.2, 0) is 25.7 Å². The molecule has 0 radical (unpaired) electrons. The van der Waals surface area contributed by atoms with E-state index in [2.05, 4.69) is 20.6 Å². The Labute approximate surface area is 332 Å². The van der Waals surface area contributed by atoms with Gasteiger partial charge in [-0.25, -0.2) is 27.2 Å². The molecule has 2 aliphatic heterocycles. The molecule has 0 aliphatic carbocycles. The van der Waals surface area contributed by atoms with E-state index in [-0.39, 0.29) is 23.2 Å². The quantitative estimate of drug-likeness (QED) is 0.101. The number of benzene rings is 4. The molecule has 6 aromatic rings. The van der Waals surface area contributed by atoms with Crippen LogP contribution in [0.2, 0.25) is 0 Å². The Bertz CT molecular complexity index is 2310. The molecule has 0 spiro atoms. The molecular weight excluding hydrogens is 749 g/mol. The Morgan fingerprint density at radius 2 is 1.02 bits per heavy atom. The molecule has 58 heavy (non-hydrogen) atoms. The molecule has 4 heterocycles. The van der Waals surface area contributed by atoms with Crippen LogP contribution in [0.1, 0.15) is 79.0 Å². The standard InChI is InChI=1S/2C23H20F2N2O2/c2*24-17-3-5-18(21(25)12-17)14-1-4-19-15(11-14)7-10-27-22(19)6-2-16-13-26-9-8-20(16)23(28)29/h2*1,3-5,8-9,11-13,22,27H,2,6-7,10H2,(H,28,29)/t2*22-/m10/s1. The van der Waals surface area contributed by atoms with E-state index in [0.717, 1.165) is 84.3 Å². The normalized spacial score (nSPS) is 15.7. The van der Waals surface area contributed by atoms with Crippen LogP contribution in [0.3, 0.4) is 0 Å². The molecule has 0 unspecified atom stereocenters. The van der Waals surface area contributed by atoms with Gasteiger partial charge >= 0.3 is 11.9 Å². The van der Waals surface area contributed by atoms with E-state index in [1.54, 1.807) is 12.4 Å². The molecule has 0 saturated heterocycles. The predicted octanol–water partition coefficient (Wildman–Crippen LogP) is 9.09. The number of carbonyl (C=O) groups is 2. The average Bonchev–Trinajstić information content (AvgIpc) is 3.22. The Morgan fingerprint density at radius 3 is 1.41 bits per heavy atom. The second kappa shape index (κ2) is 17.9. The third kappa shape index (κ3) is 9.14. The van der Waals surface area contributed by atoms with Gasteiger partial charge in [0.1, 0.15) is 23.3 Å². The molecule has 12 heteroatoms. The number of aryl methyl sites for hydroxylation is 2. The number of nitrogens with zero attached hydrogens (tertiary/aromatic N) is 2. The van der Waals surface area contributed by atoms with Crippen molar-refractivity contribution in [2.24, 2.45) is 0 Å². The van der Waals surface area contributed by atoms with Crippen molar-refractivity contribution < 1.29 is 37.4 Å². The monoisotopic (exact) mass is 788 g/mol. The first-order valence-corrected chi connectivity index (χ1v) is 19.0. The van der Waals surface area contributed by atoms with Crippen LogP contribution in [-0.4, -0.2) is 45.2 Å². The van der Waals surface area contributed by atoms with Gasteiger partial charge in [0.15, 0.2) is 0 Å². The first kappa shape index (κ1) is 40.0. The van der Waals surface area contributed by atoms with Crippen molar-refractivity contribution in [1.82, 2.24) is 20.6 Å². The lowest BCUT2D eigenvalue weighted by molar-refractivity contribution is 0.0684. The SMILES string of the molecule is O=C(O)c1ccncc1CC[C@@H]1NCCc2cc(-c3ccc(F)cc3F)ccc21.O=C(O)c1ccncc1CC[C@H]1NCCc2cc(-c3ccc(F)cc3F)ccc21. The number of aromatic nitrogens is 2. The van der Waals surface area contributed by atoms with Crippen LogP contribution >= 0.6 is 0 Å². The van der Waals surface area contributed by atoms with E-state index in [0.29, 0.717) is 35.1 Å². The molecule has 2 aliphatic rings. The molecule has 296 valence electrons. The Hall–Kier alpha value is -6.24. The number of carboxylic acid groups (broad SMARTS) is 2. The summed E-state index contributed by atoms with van der Waals surface area (Å²) in [4.78, 5) is 30.9. The molecule has 4 aromatic carbocycles. The van der Waals surface area contributed by atoms with Crippen molar-refractivity contribution in [3.8, 4) is 22.3 Å². The number of nitrogens with one attached hydrogen (secondary N) is 2. The third-order valence-electron chi connectivity index (χ3n) is 10.8. The van der Waals surface area contributed by atoms with Crippen LogP contribution in [0.15, 0.2) is 110 Å². The molecule has 8 nitrogen and oxygen atoms in total. The van der Waals surface area contributed by atoms with E-state index in [4.69, 9.17) is 0 Å². The fourth-order valence-corrected chi connectivity index (χ4v) is 7.87. The van der Waals surface area contributed by atoms with Gasteiger partial charge in [-0.2, -0.15) is 0 Å². The minimum atomic E-state index is -0.953. The smallest absolute Gasteiger partial charge is 0.336 e. The highest BCUT2D eigenvalue weighted by Gasteiger charge is 2.23. The molecule has 4 N–H and O–H groups in total. The Morgan fingerprint density at radius 1 is 0.586 bits per heavy atom. The van der Waals surface area contributed by atoms with E-state index in [9.17, 15) is 37.4 Å². The van der Waals surface area contributed by atoms with Crippen LogP contribution in [0.4, 0.5) is 17.6 Å². The van der Waals surface area contributed by atoms with Crippen molar-refractivity contribution >= 4 is 11.9 Å². The third-order valence-corrected chi connectivity index (χ3v) is 10.8. The number of hydrogen-bond donors (Lipinski definition) is 4. The number of rotatable bonds is 10.